The smallest absolute Gasteiger partial charge is 0.302 e. The van der Waals surface area contributed by atoms with Crippen LogP contribution in [0.4, 0.5) is 17.1 Å². The summed E-state index contributed by atoms with van der Waals surface area (Å²) in [7, 11) is 0. The third-order valence-electron chi connectivity index (χ3n) is 4.44. The first-order valence-corrected chi connectivity index (χ1v) is 9.03. The quantitative estimate of drug-likeness (QED) is 0.638. The second kappa shape index (κ2) is 7.80. The lowest BCUT2D eigenvalue weighted by Crippen LogP contribution is -2.31. The van der Waals surface area contributed by atoms with Gasteiger partial charge in [-0.3, -0.25) is 20.2 Å². The van der Waals surface area contributed by atoms with Crippen LogP contribution in [0.2, 0.25) is 0 Å². The standard InChI is InChI=1S/C15H21N3O5S/c1-10-11(9-19)7-13(17(20)21)15(14(10)18(22)23)16-6-4-3-5-12(8-16)24-2/h7,12,19H,3-6,8-9H2,1-2H3. The Morgan fingerprint density at radius 1 is 1.33 bits per heavy atom. The van der Waals surface area contributed by atoms with Crippen molar-refractivity contribution in [1.82, 2.24) is 0 Å². The lowest BCUT2D eigenvalue weighted by Gasteiger charge is -2.26. The number of hydrogen-bond donors (Lipinski definition) is 1. The van der Waals surface area contributed by atoms with Crippen LogP contribution < -0.4 is 4.90 Å². The molecule has 1 fully saturated rings. The molecule has 1 aliphatic rings. The van der Waals surface area contributed by atoms with Gasteiger partial charge in [0.05, 0.1) is 16.5 Å². The first-order chi connectivity index (χ1) is 11.4. The Kier molecular flexibility index (Phi) is 6.00. The van der Waals surface area contributed by atoms with Crippen LogP contribution in [0.5, 0.6) is 0 Å². The van der Waals surface area contributed by atoms with Crippen LogP contribution in [0.1, 0.15) is 30.4 Å². The maximum atomic E-state index is 11.6. The number of nitro groups is 2. The van der Waals surface area contributed by atoms with Crippen molar-refractivity contribution < 1.29 is 15.0 Å². The highest BCUT2D eigenvalue weighted by Gasteiger charge is 2.35. The molecule has 24 heavy (non-hydrogen) atoms. The molecule has 9 heteroatoms. The summed E-state index contributed by atoms with van der Waals surface area (Å²) in [6, 6.07) is 1.26. The molecule has 0 aromatic heterocycles. The van der Waals surface area contributed by atoms with Gasteiger partial charge in [0.2, 0.25) is 0 Å². The minimum atomic E-state index is -0.597. The number of nitrogens with zero attached hydrogens (tertiary/aromatic N) is 3. The molecular formula is C15H21N3O5S. The zero-order chi connectivity index (χ0) is 17.9. The van der Waals surface area contributed by atoms with E-state index in [2.05, 4.69) is 0 Å². The number of aliphatic hydroxyl groups is 1. The predicted molar refractivity (Wildman–Crippen MR) is 93.8 cm³/mol. The van der Waals surface area contributed by atoms with Crippen molar-refractivity contribution >= 4 is 28.8 Å². The highest BCUT2D eigenvalue weighted by Crippen LogP contribution is 2.43. The second-order valence-corrected chi connectivity index (χ2v) is 6.99. The van der Waals surface area contributed by atoms with Gasteiger partial charge < -0.3 is 10.0 Å². The Labute approximate surface area is 144 Å². The van der Waals surface area contributed by atoms with E-state index in [-0.39, 0.29) is 33.4 Å². The number of benzene rings is 1. The van der Waals surface area contributed by atoms with E-state index in [1.165, 1.54) is 13.0 Å². The molecule has 0 bridgehead atoms. The number of rotatable bonds is 5. The fourth-order valence-electron chi connectivity index (χ4n) is 3.13. The molecule has 0 radical (unpaired) electrons. The zero-order valence-electron chi connectivity index (χ0n) is 13.7. The number of thioether (sulfide) groups is 1. The van der Waals surface area contributed by atoms with Gasteiger partial charge >= 0.3 is 5.69 Å². The lowest BCUT2D eigenvalue weighted by molar-refractivity contribution is -0.393. The average molecular weight is 355 g/mol. The Bertz CT molecular complexity index is 652. The van der Waals surface area contributed by atoms with E-state index in [1.807, 2.05) is 6.26 Å². The zero-order valence-corrected chi connectivity index (χ0v) is 14.5. The van der Waals surface area contributed by atoms with Gasteiger partial charge in [-0.05, 0) is 31.6 Å². The molecule has 0 amide bonds. The van der Waals surface area contributed by atoms with Gasteiger partial charge in [-0.25, -0.2) is 0 Å². The number of hydrogen-bond acceptors (Lipinski definition) is 7. The average Bonchev–Trinajstić information content (AvgIpc) is 2.79. The van der Waals surface area contributed by atoms with Gasteiger partial charge in [-0.1, -0.05) is 6.42 Å². The molecule has 1 atom stereocenters. The van der Waals surface area contributed by atoms with E-state index in [0.29, 0.717) is 13.1 Å². The molecule has 1 heterocycles. The molecule has 0 spiro atoms. The molecule has 1 aromatic carbocycles. The second-order valence-electron chi connectivity index (χ2n) is 5.85. The van der Waals surface area contributed by atoms with Crippen LogP contribution in [0, 0.1) is 27.2 Å². The summed E-state index contributed by atoms with van der Waals surface area (Å²) in [5.41, 5.74) is -0.00445. The number of nitro benzene ring substituents is 2. The molecule has 0 saturated carbocycles. The van der Waals surface area contributed by atoms with Crippen LogP contribution in [-0.4, -0.2) is 39.5 Å². The third kappa shape index (κ3) is 3.62. The number of aliphatic hydroxyl groups excluding tert-OH is 1. The van der Waals surface area contributed by atoms with Crippen LogP contribution in [0.25, 0.3) is 0 Å². The number of anilines is 1. The molecule has 0 aliphatic carbocycles. The molecule has 1 saturated heterocycles. The van der Waals surface area contributed by atoms with Crippen molar-refractivity contribution in [3.8, 4) is 0 Å². The molecule has 1 aliphatic heterocycles. The summed E-state index contributed by atoms with van der Waals surface area (Å²) in [6.07, 6.45) is 4.81. The van der Waals surface area contributed by atoms with E-state index in [0.717, 1.165) is 19.3 Å². The highest BCUT2D eigenvalue weighted by atomic mass is 32.2. The fourth-order valence-corrected chi connectivity index (χ4v) is 3.86. The van der Waals surface area contributed by atoms with Crippen LogP contribution >= 0.6 is 11.8 Å². The van der Waals surface area contributed by atoms with E-state index < -0.39 is 16.5 Å². The van der Waals surface area contributed by atoms with E-state index in [9.17, 15) is 25.3 Å². The molecular weight excluding hydrogens is 334 g/mol. The van der Waals surface area contributed by atoms with Gasteiger partial charge in [0.15, 0.2) is 5.69 Å². The molecule has 8 nitrogen and oxygen atoms in total. The summed E-state index contributed by atoms with van der Waals surface area (Å²) in [6.45, 7) is 2.15. The third-order valence-corrected chi connectivity index (χ3v) is 5.49. The molecule has 132 valence electrons. The molecule has 1 aromatic rings. The summed E-state index contributed by atoms with van der Waals surface area (Å²) < 4.78 is 0. The Morgan fingerprint density at radius 3 is 2.58 bits per heavy atom. The van der Waals surface area contributed by atoms with E-state index in [1.54, 1.807) is 16.7 Å². The minimum Gasteiger partial charge on any atom is -0.392 e. The van der Waals surface area contributed by atoms with Crippen LogP contribution in [-0.2, 0) is 6.61 Å². The summed E-state index contributed by atoms with van der Waals surface area (Å²) >= 11 is 1.68. The molecule has 1 unspecified atom stereocenters. The first-order valence-electron chi connectivity index (χ1n) is 7.74. The van der Waals surface area contributed by atoms with Crippen molar-refractivity contribution in [2.24, 2.45) is 0 Å². The Balaban J connectivity index is 2.67. The molecule has 2 rings (SSSR count). The fraction of sp³-hybridized carbons (Fsp3) is 0.600. The van der Waals surface area contributed by atoms with Crippen molar-refractivity contribution in [2.75, 3.05) is 24.2 Å². The predicted octanol–water partition coefficient (Wildman–Crippen LogP) is 3.03. The summed E-state index contributed by atoms with van der Waals surface area (Å²) in [4.78, 5) is 23.8. The van der Waals surface area contributed by atoms with Crippen molar-refractivity contribution in [3.05, 3.63) is 37.4 Å². The van der Waals surface area contributed by atoms with Gasteiger partial charge in [0, 0.05) is 30.0 Å². The maximum Gasteiger partial charge on any atom is 0.302 e. The van der Waals surface area contributed by atoms with Crippen LogP contribution in [0.3, 0.4) is 0 Å². The van der Waals surface area contributed by atoms with Gasteiger partial charge in [0.25, 0.3) is 5.69 Å². The summed E-state index contributed by atoms with van der Waals surface area (Å²) in [5, 5.41) is 32.8. The topological polar surface area (TPSA) is 110 Å². The Hall–Kier alpha value is -1.87. The van der Waals surface area contributed by atoms with Crippen molar-refractivity contribution in [3.63, 3.8) is 0 Å². The molecule has 1 N–H and O–H groups in total. The SMILES string of the molecule is CSC1CCCCN(c2c([N+](=O)[O-])cc(CO)c(C)c2[N+](=O)[O-])C1. The summed E-state index contributed by atoms with van der Waals surface area (Å²) in [5.74, 6) is 0. The van der Waals surface area contributed by atoms with Gasteiger partial charge in [-0.15, -0.1) is 0 Å². The maximum absolute atomic E-state index is 11.6. The van der Waals surface area contributed by atoms with Crippen LogP contribution in [0.15, 0.2) is 6.07 Å². The monoisotopic (exact) mass is 355 g/mol. The Morgan fingerprint density at radius 2 is 2.04 bits per heavy atom. The largest absolute Gasteiger partial charge is 0.392 e. The van der Waals surface area contributed by atoms with E-state index in [4.69, 9.17) is 0 Å². The first kappa shape index (κ1) is 18.5. The normalized spacial score (nSPS) is 18.3. The lowest BCUT2D eigenvalue weighted by atomic mass is 10.0. The van der Waals surface area contributed by atoms with Gasteiger partial charge in [-0.2, -0.15) is 11.8 Å². The van der Waals surface area contributed by atoms with Gasteiger partial charge in [0.1, 0.15) is 0 Å². The van der Waals surface area contributed by atoms with Crippen molar-refractivity contribution in [1.29, 1.82) is 0 Å². The van der Waals surface area contributed by atoms with Crippen molar-refractivity contribution in [2.45, 2.75) is 38.0 Å². The highest BCUT2D eigenvalue weighted by molar-refractivity contribution is 7.99. The van der Waals surface area contributed by atoms with E-state index >= 15 is 0 Å². The minimum absolute atomic E-state index is 0.0700.